The number of halogens is 1. The maximum atomic E-state index is 12.2. The van der Waals surface area contributed by atoms with Crippen molar-refractivity contribution in [3.63, 3.8) is 0 Å². The molecule has 0 aliphatic rings. The molecule has 3 aromatic rings. The van der Waals surface area contributed by atoms with E-state index in [1.54, 1.807) is 0 Å². The van der Waals surface area contributed by atoms with Gasteiger partial charge in [0.05, 0.1) is 5.75 Å². The Balaban J connectivity index is 1.62. The van der Waals surface area contributed by atoms with Gasteiger partial charge in [-0.1, -0.05) is 59.8 Å². The molecule has 0 radical (unpaired) electrons. The number of carbonyl (C=O) groups excluding carboxylic acids is 1. The van der Waals surface area contributed by atoms with E-state index in [4.69, 9.17) is 11.6 Å². The molecule has 1 aromatic heterocycles. The Morgan fingerprint density at radius 3 is 2.59 bits per heavy atom. The largest absolute Gasteiger partial charge is 0.351 e. The molecule has 0 spiro atoms. The van der Waals surface area contributed by atoms with Crippen molar-refractivity contribution in [2.24, 2.45) is 0 Å². The minimum absolute atomic E-state index is 0.0435. The molecule has 0 bridgehead atoms. The topological polar surface area (TPSA) is 59.8 Å². The SMILES string of the molecule is CCn1c(SCC(=O)NCc2ccc(Cl)cc2)nnc1-c1ccccc1C. The van der Waals surface area contributed by atoms with Crippen LogP contribution in [0.15, 0.2) is 53.7 Å². The van der Waals surface area contributed by atoms with Gasteiger partial charge in [-0.15, -0.1) is 10.2 Å². The van der Waals surface area contributed by atoms with Crippen LogP contribution in [0.2, 0.25) is 5.02 Å². The molecule has 0 fully saturated rings. The van der Waals surface area contributed by atoms with Crippen molar-refractivity contribution in [1.29, 1.82) is 0 Å². The zero-order valence-electron chi connectivity index (χ0n) is 15.3. The van der Waals surface area contributed by atoms with Gasteiger partial charge >= 0.3 is 0 Å². The molecule has 0 unspecified atom stereocenters. The minimum atomic E-state index is -0.0435. The van der Waals surface area contributed by atoms with Gasteiger partial charge in [0.15, 0.2) is 11.0 Å². The second-order valence-electron chi connectivity index (χ2n) is 6.06. The first-order valence-electron chi connectivity index (χ1n) is 8.71. The van der Waals surface area contributed by atoms with Gasteiger partial charge in [0.25, 0.3) is 0 Å². The number of rotatable bonds is 7. The molecule has 2 aromatic carbocycles. The fourth-order valence-corrected chi connectivity index (χ4v) is 3.65. The second-order valence-corrected chi connectivity index (χ2v) is 7.44. The molecule has 1 heterocycles. The van der Waals surface area contributed by atoms with Crippen molar-refractivity contribution < 1.29 is 4.79 Å². The van der Waals surface area contributed by atoms with E-state index in [1.165, 1.54) is 11.8 Å². The monoisotopic (exact) mass is 400 g/mol. The summed E-state index contributed by atoms with van der Waals surface area (Å²) < 4.78 is 2.04. The summed E-state index contributed by atoms with van der Waals surface area (Å²) in [7, 11) is 0. The smallest absolute Gasteiger partial charge is 0.230 e. The number of benzene rings is 2. The fraction of sp³-hybridized carbons (Fsp3) is 0.250. The van der Waals surface area contributed by atoms with Crippen LogP contribution in [-0.2, 0) is 17.9 Å². The molecule has 0 saturated heterocycles. The van der Waals surface area contributed by atoms with Gasteiger partial charge in [0.1, 0.15) is 0 Å². The summed E-state index contributed by atoms with van der Waals surface area (Å²) in [6.45, 7) is 5.33. The number of hydrogen-bond acceptors (Lipinski definition) is 4. The molecule has 7 heteroatoms. The number of aryl methyl sites for hydroxylation is 1. The van der Waals surface area contributed by atoms with Crippen LogP contribution in [-0.4, -0.2) is 26.4 Å². The Labute approximate surface area is 168 Å². The highest BCUT2D eigenvalue weighted by molar-refractivity contribution is 7.99. The van der Waals surface area contributed by atoms with Gasteiger partial charge in [-0.25, -0.2) is 0 Å². The van der Waals surface area contributed by atoms with Gasteiger partial charge in [0, 0.05) is 23.7 Å². The van der Waals surface area contributed by atoms with E-state index in [0.29, 0.717) is 17.3 Å². The van der Waals surface area contributed by atoms with Gasteiger partial charge < -0.3 is 9.88 Å². The molecule has 0 aliphatic heterocycles. The highest BCUT2D eigenvalue weighted by atomic mass is 35.5. The van der Waals surface area contributed by atoms with Crippen molar-refractivity contribution in [3.05, 3.63) is 64.7 Å². The molecule has 0 aliphatic carbocycles. The van der Waals surface area contributed by atoms with Crippen molar-refractivity contribution in [2.45, 2.75) is 32.1 Å². The summed E-state index contributed by atoms with van der Waals surface area (Å²) >= 11 is 7.27. The van der Waals surface area contributed by atoms with Crippen LogP contribution in [0.25, 0.3) is 11.4 Å². The van der Waals surface area contributed by atoms with E-state index in [2.05, 4.69) is 35.4 Å². The number of thioether (sulfide) groups is 1. The average Bonchev–Trinajstić information content (AvgIpc) is 3.09. The van der Waals surface area contributed by atoms with Gasteiger partial charge in [0.2, 0.25) is 5.91 Å². The number of carbonyl (C=O) groups is 1. The molecule has 0 saturated carbocycles. The number of aromatic nitrogens is 3. The molecular weight excluding hydrogens is 380 g/mol. The zero-order chi connectivity index (χ0) is 19.2. The Kier molecular flexibility index (Phi) is 6.53. The van der Waals surface area contributed by atoms with Crippen LogP contribution in [0.4, 0.5) is 0 Å². The third-order valence-corrected chi connectivity index (χ3v) is 5.37. The van der Waals surface area contributed by atoms with E-state index >= 15 is 0 Å². The normalized spacial score (nSPS) is 10.8. The maximum absolute atomic E-state index is 12.2. The lowest BCUT2D eigenvalue weighted by Crippen LogP contribution is -2.24. The van der Waals surface area contributed by atoms with Gasteiger partial charge in [-0.05, 0) is 37.1 Å². The first-order chi connectivity index (χ1) is 13.1. The van der Waals surface area contributed by atoms with Crippen LogP contribution in [0, 0.1) is 6.92 Å². The standard InChI is InChI=1S/C20H21ClN4OS/c1-3-25-19(17-7-5-4-6-14(17)2)23-24-20(25)27-13-18(26)22-12-15-8-10-16(21)11-9-15/h4-11H,3,12-13H2,1-2H3,(H,22,26). The third-order valence-electron chi connectivity index (χ3n) is 4.15. The number of hydrogen-bond donors (Lipinski definition) is 1. The molecule has 5 nitrogen and oxygen atoms in total. The Hall–Kier alpha value is -2.31. The molecule has 1 amide bonds. The summed E-state index contributed by atoms with van der Waals surface area (Å²) in [5.74, 6) is 1.08. The van der Waals surface area contributed by atoms with E-state index in [9.17, 15) is 4.79 Å². The summed E-state index contributed by atoms with van der Waals surface area (Å²) in [5.41, 5.74) is 3.22. The summed E-state index contributed by atoms with van der Waals surface area (Å²) in [4.78, 5) is 12.2. The van der Waals surface area contributed by atoms with Crippen LogP contribution >= 0.6 is 23.4 Å². The van der Waals surface area contributed by atoms with Crippen LogP contribution in [0.3, 0.4) is 0 Å². The maximum Gasteiger partial charge on any atom is 0.230 e. The number of nitrogens with zero attached hydrogens (tertiary/aromatic N) is 3. The molecule has 3 rings (SSSR count). The summed E-state index contributed by atoms with van der Waals surface area (Å²) in [6, 6.07) is 15.5. The lowest BCUT2D eigenvalue weighted by molar-refractivity contribution is -0.118. The molecule has 27 heavy (non-hydrogen) atoms. The van der Waals surface area contributed by atoms with Gasteiger partial charge in [-0.3, -0.25) is 4.79 Å². The molecule has 140 valence electrons. The van der Waals surface area contributed by atoms with Crippen LogP contribution < -0.4 is 5.32 Å². The van der Waals surface area contributed by atoms with Gasteiger partial charge in [-0.2, -0.15) is 0 Å². The van der Waals surface area contributed by atoms with E-state index < -0.39 is 0 Å². The lowest BCUT2D eigenvalue weighted by Gasteiger charge is -2.09. The van der Waals surface area contributed by atoms with Crippen molar-refractivity contribution in [3.8, 4) is 11.4 Å². The second kappa shape index (κ2) is 9.06. The first-order valence-corrected chi connectivity index (χ1v) is 10.1. The predicted molar refractivity (Wildman–Crippen MR) is 110 cm³/mol. The van der Waals surface area contributed by atoms with Crippen molar-refractivity contribution in [1.82, 2.24) is 20.1 Å². The van der Waals surface area contributed by atoms with Crippen molar-refractivity contribution >= 4 is 29.3 Å². The molecular formula is C20H21ClN4OS. The number of nitrogens with one attached hydrogen (secondary N) is 1. The highest BCUT2D eigenvalue weighted by Gasteiger charge is 2.15. The summed E-state index contributed by atoms with van der Waals surface area (Å²) in [5, 5.41) is 13.0. The molecule has 0 atom stereocenters. The fourth-order valence-electron chi connectivity index (χ4n) is 2.69. The lowest BCUT2D eigenvalue weighted by atomic mass is 10.1. The zero-order valence-corrected chi connectivity index (χ0v) is 16.8. The number of amides is 1. The quantitative estimate of drug-likeness (QED) is 0.599. The highest BCUT2D eigenvalue weighted by Crippen LogP contribution is 2.26. The Morgan fingerprint density at radius 1 is 1.15 bits per heavy atom. The van der Waals surface area contributed by atoms with E-state index in [-0.39, 0.29) is 5.91 Å². The minimum Gasteiger partial charge on any atom is -0.351 e. The predicted octanol–water partition coefficient (Wildman–Crippen LogP) is 4.34. The van der Waals surface area contributed by atoms with E-state index in [0.717, 1.165) is 34.2 Å². The average molecular weight is 401 g/mol. The van der Waals surface area contributed by atoms with Crippen molar-refractivity contribution in [2.75, 3.05) is 5.75 Å². The Bertz CT molecular complexity index is 924. The van der Waals surface area contributed by atoms with Crippen LogP contribution in [0.1, 0.15) is 18.1 Å². The first kappa shape index (κ1) is 19.5. The Morgan fingerprint density at radius 2 is 1.89 bits per heavy atom. The van der Waals surface area contributed by atoms with E-state index in [1.807, 2.05) is 47.0 Å². The van der Waals surface area contributed by atoms with Crippen LogP contribution in [0.5, 0.6) is 0 Å². The molecule has 1 N–H and O–H groups in total. The third kappa shape index (κ3) is 4.90. The summed E-state index contributed by atoms with van der Waals surface area (Å²) in [6.07, 6.45) is 0.